The van der Waals surface area contributed by atoms with Crippen molar-refractivity contribution in [1.82, 2.24) is 5.32 Å². The fraction of sp³-hybridized carbons (Fsp3) is 0.500. The zero-order chi connectivity index (χ0) is 13.0. The molecule has 1 aliphatic rings. The number of hydrogen-bond donors (Lipinski definition) is 1. The van der Waals surface area contributed by atoms with Gasteiger partial charge < -0.3 is 10.1 Å². The van der Waals surface area contributed by atoms with Crippen molar-refractivity contribution in [1.29, 1.82) is 0 Å². The van der Waals surface area contributed by atoms with Crippen LogP contribution < -0.4 is 10.1 Å². The van der Waals surface area contributed by atoms with Crippen LogP contribution >= 0.6 is 15.9 Å². The maximum atomic E-state index is 11.8. The first-order valence-electron chi connectivity index (χ1n) is 5.85. The maximum absolute atomic E-state index is 11.8. The van der Waals surface area contributed by atoms with Crippen LogP contribution in [0.1, 0.15) is 0 Å². The van der Waals surface area contributed by atoms with Crippen LogP contribution in [0.5, 0.6) is 5.75 Å². The third kappa shape index (κ3) is 4.26. The molecule has 0 atom stereocenters. The number of sulfone groups is 1. The molecule has 0 bridgehead atoms. The molecule has 0 spiro atoms. The second-order valence-corrected chi connectivity index (χ2v) is 7.59. The zero-order valence-corrected chi connectivity index (χ0v) is 12.3. The maximum Gasteiger partial charge on any atom is 0.154 e. The van der Waals surface area contributed by atoms with Crippen LogP contribution in [0, 0.1) is 5.92 Å². The third-order valence-corrected chi connectivity index (χ3v) is 5.13. The zero-order valence-electron chi connectivity index (χ0n) is 9.93. The number of benzene rings is 1. The normalized spacial score (nSPS) is 16.3. The van der Waals surface area contributed by atoms with Crippen molar-refractivity contribution in [3.63, 3.8) is 0 Å². The molecule has 4 nitrogen and oxygen atoms in total. The molecule has 1 aromatic rings. The van der Waals surface area contributed by atoms with Gasteiger partial charge in [0.25, 0.3) is 0 Å². The molecular formula is C12H16BrNO3S. The van der Waals surface area contributed by atoms with E-state index < -0.39 is 9.84 Å². The van der Waals surface area contributed by atoms with Crippen molar-refractivity contribution < 1.29 is 13.2 Å². The van der Waals surface area contributed by atoms with Crippen molar-refractivity contribution >= 4 is 25.8 Å². The first-order valence-corrected chi connectivity index (χ1v) is 8.46. The number of ether oxygens (including phenoxy) is 1. The van der Waals surface area contributed by atoms with E-state index in [1.54, 1.807) is 0 Å². The van der Waals surface area contributed by atoms with Gasteiger partial charge in [0.2, 0.25) is 0 Å². The lowest BCUT2D eigenvalue weighted by molar-refractivity contribution is 0.338. The Bertz CT molecular complexity index is 483. The Morgan fingerprint density at radius 2 is 1.94 bits per heavy atom. The monoisotopic (exact) mass is 333 g/mol. The summed E-state index contributed by atoms with van der Waals surface area (Å²) in [6.45, 7) is 1.84. The molecule has 0 aliphatic carbocycles. The van der Waals surface area contributed by atoms with Gasteiger partial charge in [-0.25, -0.2) is 8.42 Å². The lowest BCUT2D eigenvalue weighted by Crippen LogP contribution is -2.46. The summed E-state index contributed by atoms with van der Waals surface area (Å²) in [5, 5.41) is 3.07. The highest BCUT2D eigenvalue weighted by atomic mass is 79.9. The Morgan fingerprint density at radius 1 is 1.28 bits per heavy atom. The van der Waals surface area contributed by atoms with Gasteiger partial charge in [0.05, 0.1) is 11.5 Å². The van der Waals surface area contributed by atoms with Gasteiger partial charge in [-0.1, -0.05) is 15.9 Å². The van der Waals surface area contributed by atoms with E-state index in [1.807, 2.05) is 24.3 Å². The van der Waals surface area contributed by atoms with Gasteiger partial charge in [-0.05, 0) is 30.2 Å². The van der Waals surface area contributed by atoms with Crippen molar-refractivity contribution in [2.45, 2.75) is 0 Å². The van der Waals surface area contributed by atoms with Gasteiger partial charge >= 0.3 is 0 Å². The smallest absolute Gasteiger partial charge is 0.154 e. The van der Waals surface area contributed by atoms with E-state index in [9.17, 15) is 8.42 Å². The van der Waals surface area contributed by atoms with Gasteiger partial charge in [0, 0.05) is 17.6 Å². The minimum Gasteiger partial charge on any atom is -0.493 e. The summed E-state index contributed by atoms with van der Waals surface area (Å²) in [6, 6.07) is 7.35. The molecular weight excluding hydrogens is 318 g/mol. The molecule has 1 fully saturated rings. The average Bonchev–Trinajstić information content (AvgIpc) is 2.27. The van der Waals surface area contributed by atoms with E-state index in [4.69, 9.17) is 4.74 Å². The highest BCUT2D eigenvalue weighted by Gasteiger charge is 2.23. The first-order chi connectivity index (χ1) is 8.55. The van der Waals surface area contributed by atoms with Gasteiger partial charge in [-0.2, -0.15) is 0 Å². The van der Waals surface area contributed by atoms with Gasteiger partial charge in [0.1, 0.15) is 12.4 Å². The first kappa shape index (κ1) is 13.8. The molecule has 0 aromatic heterocycles. The molecule has 0 radical (unpaired) electrons. The molecule has 1 heterocycles. The molecule has 1 aliphatic heterocycles. The van der Waals surface area contributed by atoms with Gasteiger partial charge in [-0.3, -0.25) is 0 Å². The molecule has 0 amide bonds. The molecule has 0 saturated carbocycles. The lowest BCUT2D eigenvalue weighted by atomic mass is 10.1. The van der Waals surface area contributed by atoms with Crippen molar-refractivity contribution in [2.75, 3.05) is 31.2 Å². The van der Waals surface area contributed by atoms with Crippen LogP contribution in [-0.4, -0.2) is 39.6 Å². The van der Waals surface area contributed by atoms with Crippen LogP contribution in [0.4, 0.5) is 0 Å². The number of rotatable bonds is 6. The predicted molar refractivity (Wildman–Crippen MR) is 74.7 cm³/mol. The Hall–Kier alpha value is -0.590. The minimum absolute atomic E-state index is 0.0829. The lowest BCUT2D eigenvalue weighted by Gasteiger charge is -2.26. The minimum atomic E-state index is -2.99. The largest absolute Gasteiger partial charge is 0.493 e. The summed E-state index contributed by atoms with van der Waals surface area (Å²) in [5.74, 6) is 1.32. The summed E-state index contributed by atoms with van der Waals surface area (Å²) in [4.78, 5) is 0. The van der Waals surface area contributed by atoms with E-state index >= 15 is 0 Å². The number of halogens is 1. The Morgan fingerprint density at radius 3 is 2.50 bits per heavy atom. The molecule has 1 aromatic carbocycles. The highest BCUT2D eigenvalue weighted by molar-refractivity contribution is 9.10. The van der Waals surface area contributed by atoms with E-state index in [1.165, 1.54) is 0 Å². The predicted octanol–water partition coefficient (Wildman–Crippen LogP) is 1.46. The van der Waals surface area contributed by atoms with Crippen LogP contribution in [-0.2, 0) is 9.84 Å². The van der Waals surface area contributed by atoms with Crippen LogP contribution in [0.15, 0.2) is 28.7 Å². The highest BCUT2D eigenvalue weighted by Crippen LogP contribution is 2.16. The molecule has 6 heteroatoms. The molecule has 1 saturated heterocycles. The number of hydrogen-bond acceptors (Lipinski definition) is 4. The van der Waals surface area contributed by atoms with Crippen LogP contribution in [0.3, 0.4) is 0 Å². The molecule has 2 rings (SSSR count). The van der Waals surface area contributed by atoms with Crippen molar-refractivity contribution in [3.05, 3.63) is 28.7 Å². The Kier molecular flexibility index (Phi) is 4.64. The van der Waals surface area contributed by atoms with Crippen molar-refractivity contribution in [3.8, 4) is 5.75 Å². The molecule has 100 valence electrons. The number of nitrogens with one attached hydrogen (secondary N) is 1. The second kappa shape index (κ2) is 6.04. The summed E-state index contributed by atoms with van der Waals surface area (Å²) in [7, 11) is -2.99. The summed E-state index contributed by atoms with van der Waals surface area (Å²) < 4.78 is 29.9. The molecule has 0 unspecified atom stereocenters. The molecule has 18 heavy (non-hydrogen) atoms. The summed E-state index contributed by atoms with van der Waals surface area (Å²) in [6.07, 6.45) is 0. The quantitative estimate of drug-likeness (QED) is 0.856. The average molecular weight is 334 g/mol. The van der Waals surface area contributed by atoms with E-state index in [2.05, 4.69) is 21.2 Å². The van der Waals surface area contributed by atoms with E-state index in [0.717, 1.165) is 17.6 Å². The van der Waals surface area contributed by atoms with Crippen LogP contribution in [0.2, 0.25) is 0 Å². The van der Waals surface area contributed by atoms with Crippen LogP contribution in [0.25, 0.3) is 0 Å². The summed E-state index contributed by atoms with van der Waals surface area (Å²) >= 11 is 3.33. The third-order valence-electron chi connectivity index (χ3n) is 2.83. The second-order valence-electron chi connectivity index (χ2n) is 4.44. The van der Waals surface area contributed by atoms with Gasteiger partial charge in [0.15, 0.2) is 9.84 Å². The van der Waals surface area contributed by atoms with E-state index in [-0.39, 0.29) is 24.0 Å². The Labute approximate surface area is 116 Å². The standard InChI is InChI=1S/C12H16BrNO3S/c13-11-1-3-12(4-2-11)17-5-6-18(15,16)9-10-7-14-8-10/h1-4,10,14H,5-9H2. The Balaban J connectivity index is 1.75. The topological polar surface area (TPSA) is 55.4 Å². The van der Waals surface area contributed by atoms with Crippen molar-refractivity contribution in [2.24, 2.45) is 5.92 Å². The fourth-order valence-corrected chi connectivity index (χ4v) is 3.45. The van der Waals surface area contributed by atoms with Gasteiger partial charge in [-0.15, -0.1) is 0 Å². The fourth-order valence-electron chi connectivity index (χ4n) is 1.73. The SMILES string of the molecule is O=S(=O)(CCOc1ccc(Br)cc1)CC1CNC1. The summed E-state index contributed by atoms with van der Waals surface area (Å²) in [5.41, 5.74) is 0. The van der Waals surface area contributed by atoms with E-state index in [0.29, 0.717) is 5.75 Å². The molecule has 1 N–H and O–H groups in total.